The van der Waals surface area contributed by atoms with E-state index in [0.29, 0.717) is 24.7 Å². The van der Waals surface area contributed by atoms with Crippen LogP contribution >= 0.6 is 19.6 Å². The zero-order chi connectivity index (χ0) is 33.1. The summed E-state index contributed by atoms with van der Waals surface area (Å²) in [5.41, 5.74) is 1.91. The number of phosphoric ester groups is 1. The van der Waals surface area contributed by atoms with E-state index < -0.39 is 7.82 Å². The van der Waals surface area contributed by atoms with Crippen LogP contribution < -0.4 is 13.8 Å². The molecule has 0 amide bonds. The highest BCUT2D eigenvalue weighted by Crippen LogP contribution is 2.50. The molecular weight excluding hydrogens is 601 g/mol. The van der Waals surface area contributed by atoms with Crippen molar-refractivity contribution in [3.63, 3.8) is 0 Å². The lowest BCUT2D eigenvalue weighted by atomic mass is 9.81. The molecule has 2 unspecified atom stereocenters. The first-order chi connectivity index (χ1) is 21.2. The molecular formula is C37H58NO5PS. The van der Waals surface area contributed by atoms with E-state index in [2.05, 4.69) is 65.7 Å². The molecule has 2 aromatic carbocycles. The Morgan fingerprint density at radius 3 is 1.91 bits per heavy atom. The van der Waals surface area contributed by atoms with Crippen molar-refractivity contribution < 1.29 is 23.2 Å². The monoisotopic (exact) mass is 659 g/mol. The Hall–Kier alpha value is -2.08. The van der Waals surface area contributed by atoms with Gasteiger partial charge in [0.25, 0.3) is 0 Å². The maximum absolute atomic E-state index is 13.6. The topological polar surface area (TPSA) is 68.2 Å². The van der Waals surface area contributed by atoms with Crippen molar-refractivity contribution in [3.8, 4) is 17.2 Å². The molecule has 3 rings (SSSR count). The Bertz CT molecular complexity index is 1280. The predicted octanol–water partition coefficient (Wildman–Crippen LogP) is 11.5. The van der Waals surface area contributed by atoms with Crippen molar-refractivity contribution in [1.82, 2.24) is 4.90 Å². The van der Waals surface area contributed by atoms with Gasteiger partial charge in [-0.2, -0.15) is 0 Å². The maximum atomic E-state index is 13.6. The molecule has 0 bridgehead atoms. The average molecular weight is 660 g/mol. The summed E-state index contributed by atoms with van der Waals surface area (Å²) in [7, 11) is -4.54. The first kappa shape index (κ1) is 37.4. The van der Waals surface area contributed by atoms with Gasteiger partial charge in [-0.05, 0) is 47.8 Å². The van der Waals surface area contributed by atoms with Gasteiger partial charge >= 0.3 is 7.82 Å². The zero-order valence-corrected chi connectivity index (χ0v) is 30.8. The minimum absolute atomic E-state index is 0.271. The van der Waals surface area contributed by atoms with Crippen LogP contribution in [-0.4, -0.2) is 21.8 Å². The van der Waals surface area contributed by atoms with Crippen molar-refractivity contribution in [3.05, 3.63) is 64.7 Å². The fourth-order valence-corrected chi connectivity index (χ4v) is 7.11. The highest BCUT2D eigenvalue weighted by Gasteiger charge is 2.33. The molecule has 0 radical (unpaired) electrons. The molecule has 0 spiro atoms. The Morgan fingerprint density at radius 1 is 0.800 bits per heavy atom. The van der Waals surface area contributed by atoms with Gasteiger partial charge in [0.05, 0.1) is 12.0 Å². The van der Waals surface area contributed by atoms with Gasteiger partial charge in [-0.15, -0.1) is 11.8 Å². The number of benzene rings is 2. The quantitative estimate of drug-likeness (QED) is 0.126. The number of hydrogen-bond donors (Lipinski definition) is 1. The van der Waals surface area contributed by atoms with Crippen LogP contribution in [0.25, 0.3) is 0 Å². The summed E-state index contributed by atoms with van der Waals surface area (Å²) < 4.78 is 31.6. The number of thioether (sulfide) groups is 1. The van der Waals surface area contributed by atoms with E-state index in [-0.39, 0.29) is 16.2 Å². The second kappa shape index (κ2) is 17.2. The van der Waals surface area contributed by atoms with E-state index >= 15 is 0 Å². The van der Waals surface area contributed by atoms with Crippen molar-refractivity contribution in [2.75, 3.05) is 6.61 Å². The normalized spacial score (nSPS) is 16.6. The molecule has 1 N–H and O–H groups in total. The van der Waals surface area contributed by atoms with Gasteiger partial charge in [0.2, 0.25) is 0 Å². The summed E-state index contributed by atoms with van der Waals surface area (Å²) in [5.74, 6) is 1.49. The van der Waals surface area contributed by atoms with Gasteiger partial charge in [-0.25, -0.2) is 4.57 Å². The Balaban J connectivity index is 1.72. The molecule has 0 aromatic heterocycles. The standard InChI is InChI=1S/C37H58NO5PS/c1-9-10-11-12-13-14-15-16-17-20-24-41-34-26-32(37(6,7)8)35(27-31(34)36(3,4)5)43-44(39,40)42-33-22-19-18-21-30(33)28-38-23-25-45-29(38)2/h18-19,21-23,25-27,29H,9-17,20,24,28H2,1-8H3,(H,39,40). The van der Waals surface area contributed by atoms with Crippen LogP contribution in [-0.2, 0) is 21.9 Å². The fourth-order valence-electron chi connectivity index (χ4n) is 5.49. The third kappa shape index (κ3) is 12.2. The molecule has 2 atom stereocenters. The predicted molar refractivity (Wildman–Crippen MR) is 190 cm³/mol. The van der Waals surface area contributed by atoms with E-state index in [1.54, 1.807) is 23.9 Å². The van der Waals surface area contributed by atoms with Crippen molar-refractivity contribution >= 4 is 19.6 Å². The molecule has 1 aliphatic rings. The van der Waals surface area contributed by atoms with Crippen molar-refractivity contribution in [1.29, 1.82) is 0 Å². The summed E-state index contributed by atoms with van der Waals surface area (Å²) >= 11 is 1.73. The van der Waals surface area contributed by atoms with Crippen molar-refractivity contribution in [2.45, 2.75) is 142 Å². The molecule has 0 aliphatic carbocycles. The maximum Gasteiger partial charge on any atom is 0.584 e. The van der Waals surface area contributed by atoms with Crippen LogP contribution in [0.1, 0.15) is 136 Å². The van der Waals surface area contributed by atoms with E-state index in [1.807, 2.05) is 30.5 Å². The molecule has 1 aliphatic heterocycles. The second-order valence-electron chi connectivity index (χ2n) is 14.3. The van der Waals surface area contributed by atoms with Crippen LogP contribution in [0.15, 0.2) is 48.0 Å². The summed E-state index contributed by atoms with van der Waals surface area (Å²) in [6, 6.07) is 11.2. The van der Waals surface area contributed by atoms with Crippen LogP contribution in [0.5, 0.6) is 17.2 Å². The smallest absolute Gasteiger partial charge is 0.493 e. The molecule has 0 fully saturated rings. The third-order valence-electron chi connectivity index (χ3n) is 8.20. The molecule has 252 valence electrons. The molecule has 1 heterocycles. The summed E-state index contributed by atoms with van der Waals surface area (Å²) in [4.78, 5) is 13.2. The van der Waals surface area contributed by atoms with Gasteiger partial charge in [-0.1, -0.05) is 124 Å². The summed E-state index contributed by atoms with van der Waals surface area (Å²) in [5, 5.41) is 2.34. The van der Waals surface area contributed by atoms with Crippen LogP contribution in [0.4, 0.5) is 0 Å². The van der Waals surface area contributed by atoms with Gasteiger partial charge < -0.3 is 18.7 Å². The van der Waals surface area contributed by atoms with Crippen molar-refractivity contribution in [2.24, 2.45) is 0 Å². The Morgan fingerprint density at radius 2 is 1.33 bits per heavy atom. The lowest BCUT2D eigenvalue weighted by molar-refractivity contribution is 0.280. The van der Waals surface area contributed by atoms with Crippen LogP contribution in [0, 0.1) is 0 Å². The molecule has 0 saturated carbocycles. The number of rotatable bonds is 18. The first-order valence-electron chi connectivity index (χ1n) is 16.9. The Kier molecular flexibility index (Phi) is 14.3. The highest BCUT2D eigenvalue weighted by molar-refractivity contribution is 8.02. The molecule has 8 heteroatoms. The SMILES string of the molecule is CCCCCCCCCCCCOc1cc(C(C)(C)C)c(OP(=O)(O)Oc2ccccc2CN2C=CSC2C)cc1C(C)(C)C. The van der Waals surface area contributed by atoms with Gasteiger partial charge in [0.1, 0.15) is 17.2 Å². The van der Waals surface area contributed by atoms with E-state index in [9.17, 15) is 9.46 Å². The molecule has 0 saturated heterocycles. The largest absolute Gasteiger partial charge is 0.584 e. The lowest BCUT2D eigenvalue weighted by Gasteiger charge is -2.29. The number of para-hydroxylation sites is 1. The second-order valence-corrected chi connectivity index (χ2v) is 16.9. The molecule has 2 aromatic rings. The van der Waals surface area contributed by atoms with E-state index in [0.717, 1.165) is 35.3 Å². The van der Waals surface area contributed by atoms with Gasteiger partial charge in [0, 0.05) is 29.4 Å². The molecule has 6 nitrogen and oxygen atoms in total. The number of ether oxygens (including phenoxy) is 1. The van der Waals surface area contributed by atoms with Crippen LogP contribution in [0.2, 0.25) is 0 Å². The Labute approximate surface area is 277 Å². The van der Waals surface area contributed by atoms with Crippen LogP contribution in [0.3, 0.4) is 0 Å². The highest BCUT2D eigenvalue weighted by atomic mass is 32.2. The van der Waals surface area contributed by atoms with E-state index in [4.69, 9.17) is 13.8 Å². The zero-order valence-electron chi connectivity index (χ0n) is 29.1. The summed E-state index contributed by atoms with van der Waals surface area (Å²) in [6.45, 7) is 18.2. The average Bonchev–Trinajstić information content (AvgIpc) is 3.35. The lowest BCUT2D eigenvalue weighted by Crippen LogP contribution is -2.21. The number of hydrogen-bond acceptors (Lipinski definition) is 6. The van der Waals surface area contributed by atoms with Gasteiger partial charge in [-0.3, -0.25) is 4.89 Å². The minimum atomic E-state index is -4.54. The number of unbranched alkanes of at least 4 members (excludes halogenated alkanes) is 9. The molecule has 45 heavy (non-hydrogen) atoms. The fraction of sp³-hybridized carbons (Fsp3) is 0.622. The summed E-state index contributed by atoms with van der Waals surface area (Å²) in [6.07, 6.45) is 14.8. The first-order valence-corrected chi connectivity index (χ1v) is 19.3. The van der Waals surface area contributed by atoms with Gasteiger partial charge in [0.15, 0.2) is 0 Å². The number of phosphoric acid groups is 1. The third-order valence-corrected chi connectivity index (χ3v) is 10.00. The number of nitrogens with zero attached hydrogens (tertiary/aromatic N) is 1. The minimum Gasteiger partial charge on any atom is -0.493 e. The van der Waals surface area contributed by atoms with E-state index in [1.165, 1.54) is 51.4 Å².